The molecule has 1 aliphatic rings. The number of amides is 2. The van der Waals surface area contributed by atoms with Gasteiger partial charge in [-0.2, -0.15) is 0 Å². The maximum atomic E-state index is 12.3. The van der Waals surface area contributed by atoms with Crippen LogP contribution in [0, 0.1) is 12.3 Å². The first kappa shape index (κ1) is 14.6. The number of likely N-dealkylation sites (tertiary alicyclic amines) is 1. The topological polar surface area (TPSA) is 49.4 Å². The van der Waals surface area contributed by atoms with Crippen LogP contribution >= 0.6 is 11.6 Å². The molecule has 1 aromatic carbocycles. The summed E-state index contributed by atoms with van der Waals surface area (Å²) in [6.07, 6.45) is 1.26. The molecule has 0 bridgehead atoms. The molecule has 106 valence electrons. The van der Waals surface area contributed by atoms with Crippen LogP contribution in [0.2, 0.25) is 5.02 Å². The van der Waals surface area contributed by atoms with E-state index in [9.17, 15) is 9.59 Å². The highest BCUT2D eigenvalue weighted by Crippen LogP contribution is 2.32. The zero-order valence-electron chi connectivity index (χ0n) is 11.6. The van der Waals surface area contributed by atoms with Gasteiger partial charge in [0.15, 0.2) is 0 Å². The number of nitrogens with zero attached hydrogens (tertiary/aromatic N) is 1. The standard InChI is InChI=1S/C15H17ClN2O2/c1-4-13(19)18-8-15(3,9-18)14(20)17-12-7-5-6-11(16)10(12)2/h4-7H,1,8-9H2,2-3H3,(H,17,20). The monoisotopic (exact) mass is 292 g/mol. The number of carbonyl (C=O) groups excluding carboxylic acids is 2. The van der Waals surface area contributed by atoms with Crippen LogP contribution < -0.4 is 5.32 Å². The fraction of sp³-hybridized carbons (Fsp3) is 0.333. The predicted molar refractivity (Wildman–Crippen MR) is 79.7 cm³/mol. The van der Waals surface area contributed by atoms with Crippen LogP contribution in [0.25, 0.3) is 0 Å². The Morgan fingerprint density at radius 2 is 2.10 bits per heavy atom. The second-order valence-corrected chi connectivity index (χ2v) is 5.73. The van der Waals surface area contributed by atoms with Gasteiger partial charge in [0.1, 0.15) is 0 Å². The van der Waals surface area contributed by atoms with Gasteiger partial charge in [0, 0.05) is 23.8 Å². The van der Waals surface area contributed by atoms with Crippen LogP contribution in [-0.4, -0.2) is 29.8 Å². The van der Waals surface area contributed by atoms with Gasteiger partial charge in [-0.25, -0.2) is 0 Å². The fourth-order valence-corrected chi connectivity index (χ4v) is 2.42. The Bertz CT molecular complexity index is 577. The number of nitrogens with one attached hydrogen (secondary N) is 1. The lowest BCUT2D eigenvalue weighted by Crippen LogP contribution is -2.61. The molecule has 0 atom stereocenters. The molecule has 2 amide bonds. The summed E-state index contributed by atoms with van der Waals surface area (Å²) in [5.74, 6) is -0.245. The van der Waals surface area contributed by atoms with Crippen molar-refractivity contribution in [3.8, 4) is 0 Å². The smallest absolute Gasteiger partial charge is 0.246 e. The van der Waals surface area contributed by atoms with Gasteiger partial charge in [-0.15, -0.1) is 0 Å². The minimum atomic E-state index is -0.562. The molecule has 1 fully saturated rings. The Kier molecular flexibility index (Phi) is 3.86. The lowest BCUT2D eigenvalue weighted by Gasteiger charge is -2.46. The third kappa shape index (κ3) is 2.56. The van der Waals surface area contributed by atoms with E-state index in [2.05, 4.69) is 11.9 Å². The summed E-state index contributed by atoms with van der Waals surface area (Å²) in [5.41, 5.74) is 0.981. The van der Waals surface area contributed by atoms with E-state index >= 15 is 0 Å². The second-order valence-electron chi connectivity index (χ2n) is 5.33. The largest absolute Gasteiger partial charge is 0.337 e. The lowest BCUT2D eigenvalue weighted by atomic mass is 9.80. The molecule has 5 heteroatoms. The summed E-state index contributed by atoms with van der Waals surface area (Å²) in [6, 6.07) is 5.39. The molecule has 0 spiro atoms. The molecule has 1 heterocycles. The molecule has 4 nitrogen and oxygen atoms in total. The molecule has 2 rings (SSSR count). The molecular formula is C15H17ClN2O2. The summed E-state index contributed by atoms with van der Waals surface area (Å²) in [7, 11) is 0. The van der Waals surface area contributed by atoms with Gasteiger partial charge >= 0.3 is 0 Å². The molecular weight excluding hydrogens is 276 g/mol. The molecule has 0 unspecified atom stereocenters. The SMILES string of the molecule is C=CC(=O)N1CC(C)(C(=O)Nc2cccc(Cl)c2C)C1. The number of hydrogen-bond donors (Lipinski definition) is 1. The zero-order chi connectivity index (χ0) is 14.9. The maximum absolute atomic E-state index is 12.3. The van der Waals surface area contributed by atoms with Gasteiger partial charge in [0.25, 0.3) is 0 Å². The first-order chi connectivity index (χ1) is 9.37. The van der Waals surface area contributed by atoms with Gasteiger partial charge < -0.3 is 10.2 Å². The number of hydrogen-bond acceptors (Lipinski definition) is 2. The van der Waals surface area contributed by atoms with Crippen LogP contribution in [0.5, 0.6) is 0 Å². The Balaban J connectivity index is 2.05. The third-order valence-electron chi connectivity index (χ3n) is 3.63. The Morgan fingerprint density at radius 3 is 2.70 bits per heavy atom. The second kappa shape index (κ2) is 5.29. The van der Waals surface area contributed by atoms with E-state index in [4.69, 9.17) is 11.6 Å². The lowest BCUT2D eigenvalue weighted by molar-refractivity contribution is -0.145. The minimum absolute atomic E-state index is 0.101. The molecule has 1 saturated heterocycles. The minimum Gasteiger partial charge on any atom is -0.337 e. The number of carbonyl (C=O) groups is 2. The van der Waals surface area contributed by atoms with Gasteiger partial charge in [-0.3, -0.25) is 9.59 Å². The average Bonchev–Trinajstić information content (AvgIpc) is 2.39. The van der Waals surface area contributed by atoms with Crippen molar-refractivity contribution in [1.82, 2.24) is 4.90 Å². The van der Waals surface area contributed by atoms with Crippen molar-refractivity contribution in [2.75, 3.05) is 18.4 Å². The van der Waals surface area contributed by atoms with Crippen LogP contribution in [-0.2, 0) is 9.59 Å². The van der Waals surface area contributed by atoms with E-state index in [0.29, 0.717) is 23.8 Å². The summed E-state index contributed by atoms with van der Waals surface area (Å²) in [6.45, 7) is 7.95. The van der Waals surface area contributed by atoms with Crippen molar-refractivity contribution in [1.29, 1.82) is 0 Å². The first-order valence-electron chi connectivity index (χ1n) is 6.35. The van der Waals surface area contributed by atoms with Crippen molar-refractivity contribution in [3.05, 3.63) is 41.4 Å². The molecule has 0 aliphatic carbocycles. The average molecular weight is 293 g/mol. The number of halogens is 1. The molecule has 1 aliphatic heterocycles. The summed E-state index contributed by atoms with van der Waals surface area (Å²) < 4.78 is 0. The molecule has 1 aromatic rings. The van der Waals surface area contributed by atoms with Gasteiger partial charge in [0.2, 0.25) is 11.8 Å². The van der Waals surface area contributed by atoms with Crippen LogP contribution in [0.1, 0.15) is 12.5 Å². The van der Waals surface area contributed by atoms with Crippen LogP contribution in [0.15, 0.2) is 30.9 Å². The normalized spacial score (nSPS) is 16.2. The van der Waals surface area contributed by atoms with Gasteiger partial charge in [0.05, 0.1) is 5.41 Å². The van der Waals surface area contributed by atoms with Crippen molar-refractivity contribution >= 4 is 29.1 Å². The van der Waals surface area contributed by atoms with Gasteiger partial charge in [-0.05, 0) is 37.6 Å². The van der Waals surface area contributed by atoms with E-state index in [1.54, 1.807) is 17.0 Å². The molecule has 0 radical (unpaired) electrons. The van der Waals surface area contributed by atoms with E-state index in [1.807, 2.05) is 19.9 Å². The van der Waals surface area contributed by atoms with E-state index in [-0.39, 0.29) is 11.8 Å². The highest BCUT2D eigenvalue weighted by atomic mass is 35.5. The Labute approximate surface area is 123 Å². The third-order valence-corrected chi connectivity index (χ3v) is 4.04. The number of anilines is 1. The molecule has 20 heavy (non-hydrogen) atoms. The molecule has 0 aromatic heterocycles. The van der Waals surface area contributed by atoms with Crippen molar-refractivity contribution in [3.63, 3.8) is 0 Å². The first-order valence-corrected chi connectivity index (χ1v) is 6.73. The summed E-state index contributed by atoms with van der Waals surface area (Å²) in [5, 5.41) is 3.50. The van der Waals surface area contributed by atoms with E-state index in [1.165, 1.54) is 6.08 Å². The summed E-state index contributed by atoms with van der Waals surface area (Å²) >= 11 is 6.03. The van der Waals surface area contributed by atoms with Crippen LogP contribution in [0.4, 0.5) is 5.69 Å². The van der Waals surface area contributed by atoms with Crippen molar-refractivity contribution in [2.24, 2.45) is 5.41 Å². The Hall–Kier alpha value is -1.81. The Morgan fingerprint density at radius 1 is 1.45 bits per heavy atom. The van der Waals surface area contributed by atoms with E-state index in [0.717, 1.165) is 5.56 Å². The van der Waals surface area contributed by atoms with Crippen LogP contribution in [0.3, 0.4) is 0 Å². The fourth-order valence-electron chi connectivity index (χ4n) is 2.24. The van der Waals surface area contributed by atoms with Crippen molar-refractivity contribution in [2.45, 2.75) is 13.8 Å². The van der Waals surface area contributed by atoms with Crippen molar-refractivity contribution < 1.29 is 9.59 Å². The predicted octanol–water partition coefficient (Wildman–Crippen LogP) is 2.62. The van der Waals surface area contributed by atoms with E-state index < -0.39 is 5.41 Å². The molecule has 0 saturated carbocycles. The molecule has 1 N–H and O–H groups in total. The maximum Gasteiger partial charge on any atom is 0.246 e. The number of rotatable bonds is 3. The summed E-state index contributed by atoms with van der Waals surface area (Å²) in [4.78, 5) is 25.3. The van der Waals surface area contributed by atoms with Gasteiger partial charge in [-0.1, -0.05) is 24.2 Å². The quantitative estimate of drug-likeness (QED) is 0.871. The number of benzene rings is 1. The zero-order valence-corrected chi connectivity index (χ0v) is 12.3. The highest BCUT2D eigenvalue weighted by Gasteiger charge is 2.46. The highest BCUT2D eigenvalue weighted by molar-refractivity contribution is 6.31.